The maximum Gasteiger partial charge on any atom is 0.328 e. The van der Waals surface area contributed by atoms with Gasteiger partial charge in [-0.1, -0.05) is 26.0 Å². The zero-order valence-corrected chi connectivity index (χ0v) is 11.9. The highest BCUT2D eigenvalue weighted by Gasteiger charge is 2.23. The summed E-state index contributed by atoms with van der Waals surface area (Å²) in [5, 5.41) is 2.62. The van der Waals surface area contributed by atoms with Gasteiger partial charge in [-0.3, -0.25) is 4.79 Å². The predicted octanol–water partition coefficient (Wildman–Crippen LogP) is 1.60. The van der Waals surface area contributed by atoms with Gasteiger partial charge in [0, 0.05) is 11.8 Å². The third-order valence-corrected chi connectivity index (χ3v) is 2.76. The molecule has 20 heavy (non-hydrogen) atoms. The molecule has 0 heterocycles. The van der Waals surface area contributed by atoms with Crippen molar-refractivity contribution in [2.45, 2.75) is 19.9 Å². The van der Waals surface area contributed by atoms with Crippen molar-refractivity contribution in [2.24, 2.45) is 5.92 Å². The van der Waals surface area contributed by atoms with Gasteiger partial charge in [0.15, 0.2) is 0 Å². The Morgan fingerprint density at radius 2 is 2.05 bits per heavy atom. The quantitative estimate of drug-likeness (QED) is 0.486. The summed E-state index contributed by atoms with van der Waals surface area (Å²) in [4.78, 5) is 23.3. The first-order valence-corrected chi connectivity index (χ1v) is 6.36. The monoisotopic (exact) mass is 276 g/mol. The largest absolute Gasteiger partial charge is 0.467 e. The molecule has 108 valence electrons. The lowest BCUT2D eigenvalue weighted by molar-refractivity contribution is -0.145. The number of amides is 1. The zero-order valence-electron chi connectivity index (χ0n) is 11.9. The van der Waals surface area contributed by atoms with Crippen LogP contribution in [0.25, 0.3) is 6.08 Å². The van der Waals surface area contributed by atoms with E-state index in [1.165, 1.54) is 13.2 Å². The molecule has 1 aromatic rings. The minimum Gasteiger partial charge on any atom is -0.467 e. The highest BCUT2D eigenvalue weighted by Crippen LogP contribution is 2.08. The van der Waals surface area contributed by atoms with Gasteiger partial charge < -0.3 is 15.8 Å². The van der Waals surface area contributed by atoms with E-state index in [0.29, 0.717) is 5.69 Å². The van der Waals surface area contributed by atoms with Crippen LogP contribution in [0.5, 0.6) is 0 Å². The minimum atomic E-state index is -0.655. The van der Waals surface area contributed by atoms with E-state index in [9.17, 15) is 9.59 Å². The molecule has 0 radical (unpaired) electrons. The first kappa shape index (κ1) is 15.8. The van der Waals surface area contributed by atoms with Gasteiger partial charge >= 0.3 is 5.97 Å². The third kappa shape index (κ3) is 4.76. The molecule has 1 aromatic carbocycles. The number of rotatable bonds is 5. The van der Waals surface area contributed by atoms with Crippen LogP contribution in [0.3, 0.4) is 0 Å². The van der Waals surface area contributed by atoms with E-state index in [1.807, 2.05) is 19.9 Å². The van der Waals surface area contributed by atoms with Gasteiger partial charge in [0.2, 0.25) is 5.91 Å². The highest BCUT2D eigenvalue weighted by atomic mass is 16.5. The number of nitrogens with one attached hydrogen (secondary N) is 1. The van der Waals surface area contributed by atoms with Crippen molar-refractivity contribution in [3.05, 3.63) is 35.9 Å². The fraction of sp³-hybridized carbons (Fsp3) is 0.333. The number of hydrogen-bond acceptors (Lipinski definition) is 4. The molecule has 3 N–H and O–H groups in total. The smallest absolute Gasteiger partial charge is 0.328 e. The first-order valence-electron chi connectivity index (χ1n) is 6.36. The zero-order chi connectivity index (χ0) is 15.1. The van der Waals surface area contributed by atoms with Crippen molar-refractivity contribution < 1.29 is 14.3 Å². The van der Waals surface area contributed by atoms with Gasteiger partial charge in [-0.25, -0.2) is 4.79 Å². The lowest BCUT2D eigenvalue weighted by Crippen LogP contribution is -2.44. The normalized spacial score (nSPS) is 12.4. The number of anilines is 1. The van der Waals surface area contributed by atoms with Crippen LogP contribution in [0.1, 0.15) is 19.4 Å². The molecule has 0 saturated heterocycles. The molecule has 1 atom stereocenters. The van der Waals surface area contributed by atoms with E-state index in [2.05, 4.69) is 10.1 Å². The summed E-state index contributed by atoms with van der Waals surface area (Å²) >= 11 is 0. The number of hydrogen-bond donors (Lipinski definition) is 2. The Balaban J connectivity index is 2.68. The number of ether oxygens (including phenoxy) is 1. The van der Waals surface area contributed by atoms with Crippen LogP contribution in [0, 0.1) is 5.92 Å². The topological polar surface area (TPSA) is 81.4 Å². The maximum atomic E-state index is 11.8. The molecular formula is C15H20N2O3. The second kappa shape index (κ2) is 7.33. The number of methoxy groups -OCH3 is 1. The summed E-state index contributed by atoms with van der Waals surface area (Å²) < 4.78 is 4.66. The second-order valence-electron chi connectivity index (χ2n) is 4.76. The molecule has 1 amide bonds. The summed E-state index contributed by atoms with van der Waals surface area (Å²) in [6.07, 6.45) is 3.01. The Morgan fingerprint density at radius 3 is 2.60 bits per heavy atom. The maximum absolute atomic E-state index is 11.8. The molecular weight excluding hydrogens is 256 g/mol. The van der Waals surface area contributed by atoms with Crippen molar-refractivity contribution in [3.8, 4) is 0 Å². The van der Waals surface area contributed by atoms with Crippen molar-refractivity contribution in [1.82, 2.24) is 5.32 Å². The standard InChI is InChI=1S/C15H20N2O3/c1-10(2)14(15(19)20-3)17-13(18)8-7-11-5-4-6-12(16)9-11/h4-10,14H,16H2,1-3H3,(H,17,18)/b8-7+. The average molecular weight is 276 g/mol. The Bertz CT molecular complexity index is 510. The van der Waals surface area contributed by atoms with E-state index in [-0.39, 0.29) is 11.8 Å². The number of nitrogen functional groups attached to an aromatic ring is 1. The van der Waals surface area contributed by atoms with Crippen LogP contribution in [0.2, 0.25) is 0 Å². The van der Waals surface area contributed by atoms with E-state index < -0.39 is 12.0 Å². The van der Waals surface area contributed by atoms with Crippen LogP contribution < -0.4 is 11.1 Å². The molecule has 1 unspecified atom stereocenters. The lowest BCUT2D eigenvalue weighted by Gasteiger charge is -2.18. The molecule has 0 aliphatic rings. The molecule has 1 rings (SSSR count). The first-order chi connectivity index (χ1) is 9.43. The van der Waals surface area contributed by atoms with Crippen molar-refractivity contribution >= 4 is 23.6 Å². The van der Waals surface area contributed by atoms with Gasteiger partial charge in [0.05, 0.1) is 7.11 Å². The molecule has 5 heteroatoms. The molecule has 0 saturated carbocycles. The molecule has 0 aliphatic heterocycles. The predicted molar refractivity (Wildman–Crippen MR) is 78.7 cm³/mol. The van der Waals surface area contributed by atoms with E-state index in [0.717, 1.165) is 5.56 Å². The number of carbonyl (C=O) groups is 2. The van der Waals surface area contributed by atoms with E-state index in [4.69, 9.17) is 5.73 Å². The summed E-state index contributed by atoms with van der Waals surface area (Å²) in [6.45, 7) is 3.67. The summed E-state index contributed by atoms with van der Waals surface area (Å²) in [7, 11) is 1.30. The fourth-order valence-corrected chi connectivity index (χ4v) is 1.66. The third-order valence-electron chi connectivity index (χ3n) is 2.76. The fourth-order valence-electron chi connectivity index (χ4n) is 1.66. The minimum absolute atomic E-state index is 0.0489. The summed E-state index contributed by atoms with van der Waals surface area (Å²) in [5.41, 5.74) is 7.09. The second-order valence-corrected chi connectivity index (χ2v) is 4.76. The van der Waals surface area contributed by atoms with Gasteiger partial charge in [-0.05, 0) is 29.7 Å². The van der Waals surface area contributed by atoms with Crippen LogP contribution in [0.15, 0.2) is 30.3 Å². The van der Waals surface area contributed by atoms with E-state index in [1.54, 1.807) is 24.3 Å². The molecule has 5 nitrogen and oxygen atoms in total. The number of carbonyl (C=O) groups excluding carboxylic acids is 2. The Labute approximate surface area is 118 Å². The Hall–Kier alpha value is -2.30. The molecule has 0 bridgehead atoms. The van der Waals surface area contributed by atoms with Gasteiger partial charge in [-0.2, -0.15) is 0 Å². The molecule has 0 spiro atoms. The molecule has 0 fully saturated rings. The van der Waals surface area contributed by atoms with Crippen molar-refractivity contribution in [3.63, 3.8) is 0 Å². The number of benzene rings is 1. The SMILES string of the molecule is COC(=O)C(NC(=O)/C=C/c1cccc(N)c1)C(C)C. The van der Waals surface area contributed by atoms with Crippen LogP contribution in [-0.2, 0) is 14.3 Å². The van der Waals surface area contributed by atoms with Crippen molar-refractivity contribution in [1.29, 1.82) is 0 Å². The Morgan fingerprint density at radius 1 is 1.35 bits per heavy atom. The number of esters is 1. The van der Waals surface area contributed by atoms with Gasteiger partial charge in [0.1, 0.15) is 6.04 Å². The Kier molecular flexibility index (Phi) is 5.77. The van der Waals surface area contributed by atoms with Crippen molar-refractivity contribution in [2.75, 3.05) is 12.8 Å². The van der Waals surface area contributed by atoms with Gasteiger partial charge in [0.25, 0.3) is 0 Å². The molecule has 0 aromatic heterocycles. The number of nitrogens with two attached hydrogens (primary N) is 1. The van der Waals surface area contributed by atoms with Gasteiger partial charge in [-0.15, -0.1) is 0 Å². The summed E-state index contributed by atoms with van der Waals surface area (Å²) in [5.74, 6) is -0.852. The van der Waals surface area contributed by atoms with Crippen LogP contribution in [-0.4, -0.2) is 25.0 Å². The lowest BCUT2D eigenvalue weighted by atomic mass is 10.0. The van der Waals surface area contributed by atoms with E-state index >= 15 is 0 Å². The van der Waals surface area contributed by atoms with Crippen LogP contribution in [0.4, 0.5) is 5.69 Å². The average Bonchev–Trinajstić information content (AvgIpc) is 2.41. The highest BCUT2D eigenvalue weighted by molar-refractivity contribution is 5.94. The van der Waals surface area contributed by atoms with Crippen LogP contribution >= 0.6 is 0 Å². The molecule has 0 aliphatic carbocycles. The summed E-state index contributed by atoms with van der Waals surface area (Å²) in [6, 6.07) is 6.50.